The Kier molecular flexibility index (Phi) is 5.62. The molecule has 0 saturated heterocycles. The van der Waals surface area contributed by atoms with Gasteiger partial charge in [0.05, 0.1) is 6.61 Å². The topological polar surface area (TPSA) is 50.1 Å². The number of nitriles is 1. The Bertz CT molecular complexity index is 357. The van der Waals surface area contributed by atoms with Crippen molar-refractivity contribution in [1.82, 2.24) is 0 Å². The van der Waals surface area contributed by atoms with E-state index in [1.807, 2.05) is 6.07 Å². The van der Waals surface area contributed by atoms with Crippen molar-refractivity contribution in [2.24, 2.45) is 0 Å². The average molecular weight is 238 g/mol. The summed E-state index contributed by atoms with van der Waals surface area (Å²) in [6, 6.07) is 9.12. The molecule has 0 unspecified atom stereocenters. The molecule has 0 fully saturated rings. The summed E-state index contributed by atoms with van der Waals surface area (Å²) < 4.78 is 4.76. The predicted molar refractivity (Wildman–Crippen MR) is 45.9 cm³/mol. The number of esters is 1. The van der Waals surface area contributed by atoms with Crippen LogP contribution < -0.4 is 0 Å². The largest absolute Gasteiger partial charge is 1.00 e. The minimum Gasteiger partial charge on any atom is -0.472 e. The average Bonchev–Trinajstić information content (AvgIpc) is 2.18. The van der Waals surface area contributed by atoms with E-state index in [1.165, 1.54) is 18.2 Å². The van der Waals surface area contributed by atoms with Gasteiger partial charge in [-0.1, -0.05) is 5.56 Å². The van der Waals surface area contributed by atoms with Crippen LogP contribution in [0.3, 0.4) is 0 Å². The Labute approximate surface area is 93.2 Å². The molecular weight excluding hydrogens is 230 g/mol. The minimum absolute atomic E-state index is 0. The molecule has 0 aliphatic heterocycles. The Hall–Kier alpha value is -1.30. The van der Waals surface area contributed by atoms with Gasteiger partial charge in [-0.05, 0) is 12.5 Å². The van der Waals surface area contributed by atoms with Gasteiger partial charge in [-0.3, -0.25) is 4.79 Å². The van der Waals surface area contributed by atoms with E-state index in [4.69, 9.17) is 10.00 Å². The predicted octanol–water partition coefficient (Wildman–Crippen LogP) is 1.53. The van der Waals surface area contributed by atoms with Crippen LogP contribution in [0, 0.1) is 17.4 Å². The summed E-state index contributed by atoms with van der Waals surface area (Å²) in [5.74, 6) is -0.421. The van der Waals surface area contributed by atoms with Gasteiger partial charge in [0.15, 0.2) is 0 Å². The molecule has 0 bridgehead atoms. The summed E-state index contributed by atoms with van der Waals surface area (Å²) in [5, 5.41) is 8.55. The molecule has 0 aromatic heterocycles. The number of rotatable bonds is 2. The van der Waals surface area contributed by atoms with Crippen molar-refractivity contribution >= 4 is 5.97 Å². The normalized spacial score (nSPS) is 8.29. The summed E-state index contributed by atoms with van der Waals surface area (Å²) in [6.07, 6.45) is 0. The third-order valence-electron chi connectivity index (χ3n) is 1.43. The number of benzene rings is 1. The van der Waals surface area contributed by atoms with Crippen LogP contribution in [-0.2, 0) is 21.8 Å². The zero-order valence-corrected chi connectivity index (χ0v) is 8.45. The minimum atomic E-state index is -0.421. The van der Waals surface area contributed by atoms with Crippen molar-refractivity contribution in [2.45, 2.75) is 6.92 Å². The zero-order chi connectivity index (χ0) is 9.68. The summed E-state index contributed by atoms with van der Waals surface area (Å²) in [5.41, 5.74) is 0.770. The molecule has 0 radical (unpaired) electrons. The van der Waals surface area contributed by atoms with Crippen LogP contribution in [0.5, 0.6) is 0 Å². The first-order chi connectivity index (χ1) is 6.27. The fourth-order valence-electron chi connectivity index (χ4n) is 0.869. The van der Waals surface area contributed by atoms with Gasteiger partial charge >= 0.3 is 17.1 Å². The molecule has 0 amide bonds. The first-order valence-corrected chi connectivity index (χ1v) is 3.86. The first-order valence-electron chi connectivity index (χ1n) is 3.86. The van der Waals surface area contributed by atoms with E-state index in [1.54, 1.807) is 6.92 Å². The van der Waals surface area contributed by atoms with E-state index in [2.05, 4.69) is 6.07 Å². The second-order valence-corrected chi connectivity index (χ2v) is 2.34. The quantitative estimate of drug-likeness (QED) is 0.445. The molecule has 3 nitrogen and oxygen atoms in total. The van der Waals surface area contributed by atoms with Crippen molar-refractivity contribution in [2.75, 3.05) is 6.61 Å². The molecule has 1 aromatic carbocycles. The third kappa shape index (κ3) is 3.21. The summed E-state index contributed by atoms with van der Waals surface area (Å²) >= 11 is 0. The van der Waals surface area contributed by atoms with E-state index in [0.29, 0.717) is 17.7 Å². The van der Waals surface area contributed by atoms with Crippen LogP contribution in [0.2, 0.25) is 0 Å². The van der Waals surface area contributed by atoms with Crippen molar-refractivity contribution in [3.63, 3.8) is 0 Å². The standard InChI is InChI=1S/C10H8NO2.Cu/c1-2-13-10(12)9-5-3-4-8(6-9)7-11;/h4-6H,2H2,1H3;/q-1;+1. The van der Waals surface area contributed by atoms with Gasteiger partial charge in [0.1, 0.15) is 0 Å². The van der Waals surface area contributed by atoms with Crippen LogP contribution in [0.4, 0.5) is 0 Å². The number of carbonyl (C=O) groups is 1. The number of nitrogens with zero attached hydrogens (tertiary/aromatic N) is 1. The van der Waals surface area contributed by atoms with E-state index in [0.717, 1.165) is 0 Å². The van der Waals surface area contributed by atoms with Crippen molar-refractivity contribution in [1.29, 1.82) is 5.26 Å². The second-order valence-electron chi connectivity index (χ2n) is 2.34. The first kappa shape index (κ1) is 12.7. The zero-order valence-electron chi connectivity index (χ0n) is 7.50. The van der Waals surface area contributed by atoms with Crippen molar-refractivity contribution < 1.29 is 26.6 Å². The monoisotopic (exact) mass is 237 g/mol. The molecule has 0 aliphatic rings. The fourth-order valence-corrected chi connectivity index (χ4v) is 0.869. The van der Waals surface area contributed by atoms with Gasteiger partial charge in [0, 0.05) is 6.07 Å². The SMILES string of the molecule is CCOC(=O)c1c[c-]cc(C#N)c1.[Cu+]. The van der Waals surface area contributed by atoms with Crippen molar-refractivity contribution in [3.05, 3.63) is 35.4 Å². The number of hydrogen-bond acceptors (Lipinski definition) is 3. The van der Waals surface area contributed by atoms with Crippen LogP contribution in [-0.4, -0.2) is 12.6 Å². The van der Waals surface area contributed by atoms with Gasteiger partial charge in [-0.2, -0.15) is 18.2 Å². The summed E-state index contributed by atoms with van der Waals surface area (Å²) in [7, 11) is 0. The van der Waals surface area contributed by atoms with Gasteiger partial charge in [0.2, 0.25) is 0 Å². The number of ether oxygens (including phenoxy) is 1. The number of hydrogen-bond donors (Lipinski definition) is 0. The number of carbonyl (C=O) groups excluding carboxylic acids is 1. The molecule has 0 saturated carbocycles. The molecule has 4 heteroatoms. The third-order valence-corrected chi connectivity index (χ3v) is 1.43. The van der Waals surface area contributed by atoms with Gasteiger partial charge in [-0.25, -0.2) is 5.26 Å². The van der Waals surface area contributed by atoms with E-state index >= 15 is 0 Å². The van der Waals surface area contributed by atoms with Gasteiger partial charge in [-0.15, -0.1) is 6.07 Å². The maximum absolute atomic E-state index is 11.2. The van der Waals surface area contributed by atoms with E-state index in [-0.39, 0.29) is 17.1 Å². The van der Waals surface area contributed by atoms with Crippen LogP contribution in [0.1, 0.15) is 22.8 Å². The van der Waals surface area contributed by atoms with Crippen molar-refractivity contribution in [3.8, 4) is 6.07 Å². The molecule has 1 aromatic rings. The molecule has 0 N–H and O–H groups in total. The summed E-state index contributed by atoms with van der Waals surface area (Å²) in [6.45, 7) is 2.06. The van der Waals surface area contributed by atoms with E-state index < -0.39 is 5.97 Å². The molecule has 76 valence electrons. The van der Waals surface area contributed by atoms with E-state index in [9.17, 15) is 4.79 Å². The van der Waals surface area contributed by atoms with Gasteiger partial charge < -0.3 is 4.74 Å². The molecular formula is C10H8CuNO2. The maximum Gasteiger partial charge on any atom is 1.00 e. The molecule has 14 heavy (non-hydrogen) atoms. The maximum atomic E-state index is 11.2. The summed E-state index contributed by atoms with van der Waals surface area (Å²) in [4.78, 5) is 11.2. The second kappa shape index (κ2) is 6.20. The molecule has 0 heterocycles. The smallest absolute Gasteiger partial charge is 0.472 e. The van der Waals surface area contributed by atoms with Gasteiger partial charge in [0.25, 0.3) is 5.97 Å². The Morgan fingerprint density at radius 1 is 1.64 bits per heavy atom. The molecule has 0 spiro atoms. The molecule has 0 atom stereocenters. The Morgan fingerprint density at radius 3 is 2.93 bits per heavy atom. The Morgan fingerprint density at radius 2 is 2.36 bits per heavy atom. The molecule has 1 rings (SSSR count). The van der Waals surface area contributed by atoms with Crippen LogP contribution in [0.25, 0.3) is 0 Å². The Balaban J connectivity index is 0.00000169. The van der Waals surface area contributed by atoms with Crippen LogP contribution in [0.15, 0.2) is 18.2 Å². The van der Waals surface area contributed by atoms with Crippen LogP contribution >= 0.6 is 0 Å². The molecule has 0 aliphatic carbocycles. The fraction of sp³-hybridized carbons (Fsp3) is 0.200.